The number of fused-ring (bicyclic) bond motifs is 1. The number of hydrogen-bond donors (Lipinski definition) is 2. The Morgan fingerprint density at radius 1 is 1.40 bits per heavy atom. The Kier molecular flexibility index (Phi) is 3.27. The second kappa shape index (κ2) is 5.09. The van der Waals surface area contributed by atoms with Gasteiger partial charge in [0.25, 0.3) is 0 Å². The molecule has 0 aliphatic carbocycles. The van der Waals surface area contributed by atoms with E-state index in [1.54, 1.807) is 13.0 Å². The highest BCUT2D eigenvalue weighted by atomic mass is 79.9. The second-order valence-corrected chi connectivity index (χ2v) is 5.21. The quantitative estimate of drug-likeness (QED) is 0.769. The van der Waals surface area contributed by atoms with Crippen LogP contribution in [-0.2, 0) is 6.54 Å². The molecule has 0 fully saturated rings. The van der Waals surface area contributed by atoms with Crippen molar-refractivity contribution >= 4 is 27.4 Å². The first-order valence-electron chi connectivity index (χ1n) is 6.07. The van der Waals surface area contributed by atoms with Gasteiger partial charge in [-0.2, -0.15) is 5.10 Å². The van der Waals surface area contributed by atoms with Gasteiger partial charge in [-0.15, -0.1) is 0 Å². The normalized spacial score (nSPS) is 10.9. The molecule has 2 N–H and O–H groups in total. The third kappa shape index (κ3) is 2.32. The molecular formula is C13H12BrN5O. The first-order chi connectivity index (χ1) is 9.65. The molecule has 0 spiro atoms. The van der Waals surface area contributed by atoms with Crippen LogP contribution in [0.3, 0.4) is 0 Å². The summed E-state index contributed by atoms with van der Waals surface area (Å²) in [6.45, 7) is 2.41. The highest BCUT2D eigenvalue weighted by Gasteiger charge is 2.07. The van der Waals surface area contributed by atoms with E-state index in [0.29, 0.717) is 23.8 Å². The molecule has 7 heteroatoms. The number of halogens is 1. The summed E-state index contributed by atoms with van der Waals surface area (Å²) < 4.78 is 2.48. The van der Waals surface area contributed by atoms with Gasteiger partial charge < -0.3 is 5.32 Å². The number of anilines is 1. The van der Waals surface area contributed by atoms with Crippen LogP contribution in [0.5, 0.6) is 0 Å². The summed E-state index contributed by atoms with van der Waals surface area (Å²) in [4.78, 5) is 15.9. The van der Waals surface area contributed by atoms with E-state index in [9.17, 15) is 4.79 Å². The number of hydrogen-bond acceptors (Lipinski definition) is 4. The van der Waals surface area contributed by atoms with Crippen LogP contribution >= 0.6 is 15.9 Å². The molecule has 2 aromatic heterocycles. The van der Waals surface area contributed by atoms with Crippen molar-refractivity contribution in [2.45, 2.75) is 13.5 Å². The van der Waals surface area contributed by atoms with Crippen molar-refractivity contribution in [2.24, 2.45) is 0 Å². The van der Waals surface area contributed by atoms with Crippen LogP contribution in [0, 0.1) is 6.92 Å². The summed E-state index contributed by atoms with van der Waals surface area (Å²) in [5.74, 6) is 1.28. The van der Waals surface area contributed by atoms with Crippen molar-refractivity contribution < 1.29 is 0 Å². The lowest BCUT2D eigenvalue weighted by Gasteiger charge is -2.08. The molecule has 0 amide bonds. The Labute approximate surface area is 123 Å². The van der Waals surface area contributed by atoms with E-state index in [1.165, 1.54) is 4.40 Å². The summed E-state index contributed by atoms with van der Waals surface area (Å²) >= 11 is 3.50. The van der Waals surface area contributed by atoms with Gasteiger partial charge in [0.05, 0.1) is 0 Å². The van der Waals surface area contributed by atoms with Crippen LogP contribution in [0.4, 0.5) is 5.82 Å². The lowest BCUT2D eigenvalue weighted by molar-refractivity contribution is 0.931. The Morgan fingerprint density at radius 2 is 2.20 bits per heavy atom. The van der Waals surface area contributed by atoms with Gasteiger partial charge in [0.1, 0.15) is 11.6 Å². The van der Waals surface area contributed by atoms with Gasteiger partial charge in [0, 0.05) is 17.1 Å². The van der Waals surface area contributed by atoms with Gasteiger partial charge in [0.2, 0.25) is 0 Å². The van der Waals surface area contributed by atoms with Crippen molar-refractivity contribution in [1.29, 1.82) is 0 Å². The van der Waals surface area contributed by atoms with Gasteiger partial charge in [-0.3, -0.25) is 0 Å². The number of nitrogens with zero attached hydrogens (tertiary/aromatic N) is 3. The summed E-state index contributed by atoms with van der Waals surface area (Å²) in [5.41, 5.74) is 1.41. The van der Waals surface area contributed by atoms with Crippen LogP contribution in [0.25, 0.3) is 5.65 Å². The molecule has 0 unspecified atom stereocenters. The molecule has 1 aromatic carbocycles. The number of benzene rings is 1. The average Bonchev–Trinajstić information content (AvgIpc) is 2.80. The highest BCUT2D eigenvalue weighted by Crippen LogP contribution is 2.17. The molecule has 102 valence electrons. The maximum absolute atomic E-state index is 11.5. The minimum absolute atomic E-state index is 0.276. The molecule has 0 saturated carbocycles. The third-order valence-electron chi connectivity index (χ3n) is 2.99. The Morgan fingerprint density at radius 3 is 3.00 bits per heavy atom. The highest BCUT2D eigenvalue weighted by molar-refractivity contribution is 9.10. The van der Waals surface area contributed by atoms with Crippen LogP contribution < -0.4 is 11.0 Å². The van der Waals surface area contributed by atoms with E-state index in [2.05, 4.69) is 36.4 Å². The zero-order chi connectivity index (χ0) is 14.1. The summed E-state index contributed by atoms with van der Waals surface area (Å²) in [7, 11) is 0. The van der Waals surface area contributed by atoms with Crippen molar-refractivity contribution in [2.75, 3.05) is 5.32 Å². The van der Waals surface area contributed by atoms with Gasteiger partial charge >= 0.3 is 5.69 Å². The molecule has 3 aromatic rings. The topological polar surface area (TPSA) is 75.1 Å². The predicted molar refractivity (Wildman–Crippen MR) is 79.8 cm³/mol. The molecule has 0 aliphatic heterocycles. The number of H-pyrrole nitrogens is 1. The number of rotatable bonds is 3. The SMILES string of the molecule is Cc1nc(NCc2ccccc2Br)cc2n[nH]c(=O)n12. The standard InChI is InChI=1S/C13H12BrN5O/c1-8-16-11(6-12-17-18-13(20)19(8)12)15-7-9-4-2-3-5-10(9)14/h2-6,15H,7H2,1H3,(H,18,20). The fraction of sp³-hybridized carbons (Fsp3) is 0.154. The van der Waals surface area contributed by atoms with Crippen molar-refractivity contribution in [1.82, 2.24) is 19.6 Å². The molecule has 0 aliphatic rings. The van der Waals surface area contributed by atoms with Gasteiger partial charge in [-0.25, -0.2) is 19.3 Å². The van der Waals surface area contributed by atoms with Crippen molar-refractivity contribution in [3.8, 4) is 0 Å². The largest absolute Gasteiger partial charge is 0.366 e. The minimum Gasteiger partial charge on any atom is -0.366 e. The van der Waals surface area contributed by atoms with E-state index in [4.69, 9.17) is 0 Å². The van der Waals surface area contributed by atoms with Gasteiger partial charge in [0.15, 0.2) is 5.65 Å². The summed E-state index contributed by atoms with van der Waals surface area (Å²) in [6, 6.07) is 9.71. The van der Waals surface area contributed by atoms with Crippen LogP contribution in [0.2, 0.25) is 0 Å². The lowest BCUT2D eigenvalue weighted by atomic mass is 10.2. The maximum atomic E-state index is 11.5. The van der Waals surface area contributed by atoms with Crippen molar-refractivity contribution in [3.63, 3.8) is 0 Å². The molecule has 6 nitrogen and oxygen atoms in total. The molecule has 3 rings (SSSR count). The minimum atomic E-state index is -0.276. The fourth-order valence-corrected chi connectivity index (χ4v) is 2.44. The summed E-state index contributed by atoms with van der Waals surface area (Å²) in [5, 5.41) is 9.59. The average molecular weight is 334 g/mol. The Balaban J connectivity index is 1.88. The summed E-state index contributed by atoms with van der Waals surface area (Å²) in [6.07, 6.45) is 0. The molecule has 0 bridgehead atoms. The number of aromatic amines is 1. The number of aromatic nitrogens is 4. The first-order valence-corrected chi connectivity index (χ1v) is 6.86. The van der Waals surface area contributed by atoms with Crippen LogP contribution in [0.15, 0.2) is 39.6 Å². The van der Waals surface area contributed by atoms with Gasteiger partial charge in [-0.1, -0.05) is 34.1 Å². The lowest BCUT2D eigenvalue weighted by Crippen LogP contribution is -2.14. The number of aryl methyl sites for hydroxylation is 1. The van der Waals surface area contributed by atoms with E-state index in [-0.39, 0.29) is 5.69 Å². The molecule has 2 heterocycles. The zero-order valence-electron chi connectivity index (χ0n) is 10.7. The van der Waals surface area contributed by atoms with Gasteiger partial charge in [-0.05, 0) is 18.6 Å². The van der Waals surface area contributed by atoms with E-state index < -0.39 is 0 Å². The molecular weight excluding hydrogens is 322 g/mol. The van der Waals surface area contributed by atoms with Crippen LogP contribution in [-0.4, -0.2) is 19.6 Å². The molecule has 0 atom stereocenters. The number of nitrogens with one attached hydrogen (secondary N) is 2. The van der Waals surface area contributed by atoms with Crippen LogP contribution in [0.1, 0.15) is 11.4 Å². The van der Waals surface area contributed by atoms with E-state index in [1.807, 2.05) is 24.3 Å². The fourth-order valence-electron chi connectivity index (χ4n) is 2.02. The monoisotopic (exact) mass is 333 g/mol. The zero-order valence-corrected chi connectivity index (χ0v) is 12.3. The second-order valence-electron chi connectivity index (χ2n) is 4.36. The maximum Gasteiger partial charge on any atom is 0.349 e. The van der Waals surface area contributed by atoms with E-state index >= 15 is 0 Å². The third-order valence-corrected chi connectivity index (χ3v) is 3.76. The smallest absolute Gasteiger partial charge is 0.349 e. The molecule has 0 saturated heterocycles. The molecule has 20 heavy (non-hydrogen) atoms. The first kappa shape index (κ1) is 12.9. The van der Waals surface area contributed by atoms with E-state index in [0.717, 1.165) is 10.0 Å². The Bertz CT molecular complexity index is 823. The van der Waals surface area contributed by atoms with Crippen molar-refractivity contribution in [3.05, 3.63) is 56.7 Å². The predicted octanol–water partition coefficient (Wildman–Crippen LogP) is 2.10. The molecule has 0 radical (unpaired) electrons. The Hall–Kier alpha value is -2.15.